The monoisotopic (exact) mass is 275 g/mol. The summed E-state index contributed by atoms with van der Waals surface area (Å²) in [4.78, 5) is 0.731. The molecule has 0 fully saturated rings. The van der Waals surface area contributed by atoms with Crippen molar-refractivity contribution < 1.29 is 4.39 Å². The maximum atomic E-state index is 13.9. The minimum absolute atomic E-state index is 0.149. The lowest BCUT2D eigenvalue weighted by Crippen LogP contribution is -2.04. The van der Waals surface area contributed by atoms with Gasteiger partial charge in [-0.2, -0.15) is 0 Å². The summed E-state index contributed by atoms with van der Waals surface area (Å²) in [6, 6.07) is 13.5. The Morgan fingerprint density at radius 2 is 1.95 bits per heavy atom. The van der Waals surface area contributed by atoms with Gasteiger partial charge in [-0.05, 0) is 37.1 Å². The summed E-state index contributed by atoms with van der Waals surface area (Å²) in [5, 5.41) is 0. The van der Waals surface area contributed by atoms with Gasteiger partial charge in [-0.3, -0.25) is 0 Å². The SMILES string of the molecule is Cc1cccc(CSc2c(F)cccc2CCN)c1. The van der Waals surface area contributed by atoms with Crippen LogP contribution in [0.2, 0.25) is 0 Å². The molecule has 3 heteroatoms. The smallest absolute Gasteiger partial charge is 0.137 e. The normalized spacial score (nSPS) is 10.7. The molecule has 0 aliphatic rings. The van der Waals surface area contributed by atoms with Gasteiger partial charge in [0.15, 0.2) is 0 Å². The zero-order valence-electron chi connectivity index (χ0n) is 11.0. The highest BCUT2D eigenvalue weighted by Crippen LogP contribution is 2.29. The molecule has 2 aromatic carbocycles. The van der Waals surface area contributed by atoms with Gasteiger partial charge in [0.25, 0.3) is 0 Å². The summed E-state index contributed by atoms with van der Waals surface area (Å²) in [5.74, 6) is 0.629. The van der Waals surface area contributed by atoms with Crippen molar-refractivity contribution in [3.8, 4) is 0 Å². The number of nitrogens with two attached hydrogens (primary N) is 1. The Morgan fingerprint density at radius 1 is 1.16 bits per heavy atom. The highest BCUT2D eigenvalue weighted by molar-refractivity contribution is 7.98. The quantitative estimate of drug-likeness (QED) is 0.837. The van der Waals surface area contributed by atoms with Gasteiger partial charge < -0.3 is 5.73 Å². The molecular weight excluding hydrogens is 257 g/mol. The van der Waals surface area contributed by atoms with Crippen LogP contribution in [0, 0.1) is 12.7 Å². The lowest BCUT2D eigenvalue weighted by Gasteiger charge is -2.10. The number of rotatable bonds is 5. The molecule has 2 N–H and O–H groups in total. The second kappa shape index (κ2) is 6.73. The molecular formula is C16H18FNS. The summed E-state index contributed by atoms with van der Waals surface area (Å²) < 4.78 is 13.9. The average Bonchev–Trinajstić information content (AvgIpc) is 2.38. The average molecular weight is 275 g/mol. The number of hydrogen-bond donors (Lipinski definition) is 1. The minimum Gasteiger partial charge on any atom is -0.330 e. The third-order valence-corrected chi connectivity index (χ3v) is 4.15. The molecule has 0 spiro atoms. The Hall–Kier alpha value is -1.32. The van der Waals surface area contributed by atoms with Gasteiger partial charge in [-0.15, -0.1) is 11.8 Å². The zero-order chi connectivity index (χ0) is 13.7. The number of aryl methyl sites for hydroxylation is 1. The van der Waals surface area contributed by atoms with E-state index < -0.39 is 0 Å². The fourth-order valence-electron chi connectivity index (χ4n) is 2.02. The molecule has 0 unspecified atom stereocenters. The van der Waals surface area contributed by atoms with Crippen LogP contribution < -0.4 is 5.73 Å². The molecule has 0 radical (unpaired) electrons. The molecule has 0 atom stereocenters. The maximum absolute atomic E-state index is 13.9. The van der Waals surface area contributed by atoms with Crippen molar-refractivity contribution >= 4 is 11.8 Å². The molecule has 0 heterocycles. The first-order chi connectivity index (χ1) is 9.20. The molecule has 19 heavy (non-hydrogen) atoms. The van der Waals surface area contributed by atoms with Crippen molar-refractivity contribution in [2.24, 2.45) is 5.73 Å². The Bertz CT molecular complexity index is 554. The number of hydrogen-bond acceptors (Lipinski definition) is 2. The van der Waals surface area contributed by atoms with Crippen molar-refractivity contribution in [2.75, 3.05) is 6.54 Å². The second-order valence-corrected chi connectivity index (χ2v) is 5.53. The van der Waals surface area contributed by atoms with Crippen LogP contribution in [-0.4, -0.2) is 6.54 Å². The largest absolute Gasteiger partial charge is 0.330 e. The predicted octanol–water partition coefficient (Wildman–Crippen LogP) is 3.93. The number of thioether (sulfide) groups is 1. The molecule has 0 saturated carbocycles. The van der Waals surface area contributed by atoms with E-state index in [2.05, 4.69) is 25.1 Å². The van der Waals surface area contributed by atoms with Crippen LogP contribution in [0.3, 0.4) is 0 Å². The van der Waals surface area contributed by atoms with E-state index in [1.54, 1.807) is 17.8 Å². The van der Waals surface area contributed by atoms with Gasteiger partial charge in [0.2, 0.25) is 0 Å². The maximum Gasteiger partial charge on any atom is 0.137 e. The molecule has 100 valence electrons. The molecule has 0 bridgehead atoms. The lowest BCUT2D eigenvalue weighted by molar-refractivity contribution is 0.597. The number of benzene rings is 2. The van der Waals surface area contributed by atoms with E-state index in [0.717, 1.165) is 16.2 Å². The summed E-state index contributed by atoms with van der Waals surface area (Å²) in [6.07, 6.45) is 0.716. The van der Waals surface area contributed by atoms with Gasteiger partial charge in [0, 0.05) is 10.6 Å². The van der Waals surface area contributed by atoms with Crippen LogP contribution in [-0.2, 0) is 12.2 Å². The summed E-state index contributed by atoms with van der Waals surface area (Å²) in [6.45, 7) is 2.61. The third-order valence-electron chi connectivity index (χ3n) is 2.93. The summed E-state index contributed by atoms with van der Waals surface area (Å²) in [7, 11) is 0. The Morgan fingerprint density at radius 3 is 2.68 bits per heavy atom. The van der Waals surface area contributed by atoms with Gasteiger partial charge >= 0.3 is 0 Å². The first kappa shape index (κ1) is 14.1. The van der Waals surface area contributed by atoms with E-state index >= 15 is 0 Å². The van der Waals surface area contributed by atoms with Crippen LogP contribution in [0.15, 0.2) is 47.4 Å². The van der Waals surface area contributed by atoms with Crippen LogP contribution in [0.4, 0.5) is 4.39 Å². The van der Waals surface area contributed by atoms with Crippen molar-refractivity contribution in [3.05, 3.63) is 65.0 Å². The van der Waals surface area contributed by atoms with Crippen LogP contribution in [0.1, 0.15) is 16.7 Å². The molecule has 0 amide bonds. The lowest BCUT2D eigenvalue weighted by atomic mass is 10.1. The Kier molecular flexibility index (Phi) is 5.00. The van der Waals surface area contributed by atoms with E-state index in [9.17, 15) is 4.39 Å². The van der Waals surface area contributed by atoms with Gasteiger partial charge in [0.1, 0.15) is 5.82 Å². The van der Waals surface area contributed by atoms with Crippen molar-refractivity contribution in [2.45, 2.75) is 24.0 Å². The van der Waals surface area contributed by atoms with Crippen LogP contribution in [0.5, 0.6) is 0 Å². The van der Waals surface area contributed by atoms with E-state index in [-0.39, 0.29) is 5.82 Å². The van der Waals surface area contributed by atoms with Gasteiger partial charge in [-0.25, -0.2) is 4.39 Å². The minimum atomic E-state index is -0.149. The van der Waals surface area contributed by atoms with E-state index in [0.29, 0.717) is 13.0 Å². The molecule has 0 aliphatic heterocycles. The molecule has 2 rings (SSSR count). The van der Waals surface area contributed by atoms with Gasteiger partial charge in [0.05, 0.1) is 0 Å². The fourth-order valence-corrected chi connectivity index (χ4v) is 3.08. The Balaban J connectivity index is 2.14. The molecule has 1 nitrogen and oxygen atoms in total. The van der Waals surface area contributed by atoms with Crippen LogP contribution in [0.25, 0.3) is 0 Å². The topological polar surface area (TPSA) is 26.0 Å². The van der Waals surface area contributed by atoms with E-state index in [1.807, 2.05) is 12.1 Å². The first-order valence-electron chi connectivity index (χ1n) is 6.36. The molecule has 0 saturated heterocycles. The first-order valence-corrected chi connectivity index (χ1v) is 7.35. The third kappa shape index (κ3) is 3.82. The Labute approximate surface area is 118 Å². The van der Waals surface area contributed by atoms with Crippen molar-refractivity contribution in [1.82, 2.24) is 0 Å². The number of halogens is 1. The summed E-state index contributed by atoms with van der Waals surface area (Å²) in [5.41, 5.74) is 9.02. The summed E-state index contributed by atoms with van der Waals surface area (Å²) >= 11 is 1.54. The zero-order valence-corrected chi connectivity index (χ0v) is 11.8. The molecule has 2 aromatic rings. The molecule has 0 aromatic heterocycles. The predicted molar refractivity (Wildman–Crippen MR) is 79.9 cm³/mol. The highest BCUT2D eigenvalue weighted by atomic mass is 32.2. The van der Waals surface area contributed by atoms with Crippen molar-refractivity contribution in [3.63, 3.8) is 0 Å². The highest BCUT2D eigenvalue weighted by Gasteiger charge is 2.08. The van der Waals surface area contributed by atoms with Crippen molar-refractivity contribution in [1.29, 1.82) is 0 Å². The fraction of sp³-hybridized carbons (Fsp3) is 0.250. The second-order valence-electron chi connectivity index (χ2n) is 4.54. The van der Waals surface area contributed by atoms with E-state index in [4.69, 9.17) is 5.73 Å². The molecule has 0 aliphatic carbocycles. The van der Waals surface area contributed by atoms with Crippen LogP contribution >= 0.6 is 11.8 Å². The standard InChI is InChI=1S/C16H18FNS/c1-12-4-2-5-13(10-12)11-19-16-14(8-9-18)6-3-7-15(16)17/h2-7,10H,8-9,11,18H2,1H3. The van der Waals surface area contributed by atoms with Gasteiger partial charge in [-0.1, -0.05) is 42.0 Å². The van der Waals surface area contributed by atoms with E-state index in [1.165, 1.54) is 17.2 Å².